The third kappa shape index (κ3) is 2.36. The number of carboxylic acid groups (broad SMARTS) is 1. The number of rotatable bonds is 3. The van der Waals surface area contributed by atoms with Gasteiger partial charge in [0.1, 0.15) is 5.75 Å². The Morgan fingerprint density at radius 1 is 1.42 bits per heavy atom. The first-order valence-corrected chi connectivity index (χ1v) is 6.92. The molecule has 104 valence electrons. The number of aliphatic carboxylic acids is 1. The second kappa shape index (κ2) is 4.71. The summed E-state index contributed by atoms with van der Waals surface area (Å²) in [5, 5.41) is 9.03. The fourth-order valence-electron chi connectivity index (χ4n) is 1.75. The lowest BCUT2D eigenvalue weighted by atomic mass is 10.2. The lowest BCUT2D eigenvalue weighted by Crippen LogP contribution is -2.50. The Morgan fingerprint density at radius 3 is 2.63 bits per heavy atom. The van der Waals surface area contributed by atoms with E-state index in [1.165, 1.54) is 14.1 Å². The smallest absolute Gasteiger partial charge is 0.346 e. The van der Waals surface area contributed by atoms with Gasteiger partial charge in [-0.3, -0.25) is 0 Å². The topological polar surface area (TPSA) is 87.2 Å². The largest absolute Gasteiger partial charge is 0.478 e. The predicted molar refractivity (Wildman–Crippen MR) is 68.4 cm³/mol. The highest BCUT2D eigenvalue weighted by Crippen LogP contribution is 2.35. The molecule has 1 N–H and O–H groups in total. The average molecular weight is 286 g/mol. The molecule has 19 heavy (non-hydrogen) atoms. The quantitative estimate of drug-likeness (QED) is 0.854. The van der Waals surface area contributed by atoms with Crippen molar-refractivity contribution in [3.63, 3.8) is 0 Å². The van der Waals surface area contributed by atoms with E-state index in [9.17, 15) is 13.2 Å². The lowest BCUT2D eigenvalue weighted by molar-refractivity contribution is -0.144. The zero-order valence-corrected chi connectivity index (χ0v) is 11.3. The van der Waals surface area contributed by atoms with Gasteiger partial charge in [0.05, 0.1) is 12.2 Å². The number of ether oxygens (including phenoxy) is 1. The highest BCUT2D eigenvalue weighted by molar-refractivity contribution is 7.90. The molecule has 7 nitrogen and oxygen atoms in total. The van der Waals surface area contributed by atoms with Gasteiger partial charge in [-0.25, -0.2) is 9.10 Å². The standard InChI is InChI=1S/C11H14N2O5S/c1-12(2)19(16,17)13-7-10(11(14)15)18-9-6-4-3-5-8(9)13/h3-6,10H,7H2,1-2H3,(H,14,15). The first kappa shape index (κ1) is 13.6. The highest BCUT2D eigenvalue weighted by Gasteiger charge is 2.37. The Bertz CT molecular complexity index is 599. The van der Waals surface area contributed by atoms with Gasteiger partial charge in [-0.05, 0) is 12.1 Å². The number of carbonyl (C=O) groups is 1. The van der Waals surface area contributed by atoms with Crippen molar-refractivity contribution in [1.82, 2.24) is 4.31 Å². The normalized spacial score (nSPS) is 18.9. The van der Waals surface area contributed by atoms with Gasteiger partial charge in [-0.15, -0.1) is 0 Å². The summed E-state index contributed by atoms with van der Waals surface area (Å²) >= 11 is 0. The van der Waals surface area contributed by atoms with E-state index in [0.717, 1.165) is 8.61 Å². The van der Waals surface area contributed by atoms with E-state index in [1.54, 1.807) is 24.3 Å². The van der Waals surface area contributed by atoms with Crippen LogP contribution in [0, 0.1) is 0 Å². The SMILES string of the molecule is CN(C)S(=O)(=O)N1CC(C(=O)O)Oc2ccccc21. The van der Waals surface area contributed by atoms with Crippen LogP contribution in [-0.4, -0.2) is 50.5 Å². The second-order valence-electron chi connectivity index (χ2n) is 4.23. The number of para-hydroxylation sites is 2. The molecule has 1 unspecified atom stereocenters. The molecule has 0 aliphatic carbocycles. The third-order valence-electron chi connectivity index (χ3n) is 2.75. The van der Waals surface area contributed by atoms with E-state index in [1.807, 2.05) is 0 Å². The molecule has 0 amide bonds. The van der Waals surface area contributed by atoms with Crippen molar-refractivity contribution in [2.24, 2.45) is 0 Å². The van der Waals surface area contributed by atoms with Crippen LogP contribution in [0.15, 0.2) is 24.3 Å². The van der Waals surface area contributed by atoms with Crippen LogP contribution >= 0.6 is 0 Å². The zero-order chi connectivity index (χ0) is 14.2. The predicted octanol–water partition coefficient (Wildman–Crippen LogP) is 0.145. The van der Waals surface area contributed by atoms with Crippen molar-refractivity contribution in [2.45, 2.75) is 6.10 Å². The number of nitrogens with zero attached hydrogens (tertiary/aromatic N) is 2. The van der Waals surface area contributed by atoms with Crippen LogP contribution in [0.2, 0.25) is 0 Å². The number of benzene rings is 1. The van der Waals surface area contributed by atoms with Crippen LogP contribution in [0.3, 0.4) is 0 Å². The fraction of sp³-hybridized carbons (Fsp3) is 0.364. The summed E-state index contributed by atoms with van der Waals surface area (Å²) in [5.74, 6) is -0.958. The van der Waals surface area contributed by atoms with Gasteiger partial charge in [0.2, 0.25) is 6.10 Å². The van der Waals surface area contributed by atoms with E-state index in [-0.39, 0.29) is 12.3 Å². The van der Waals surface area contributed by atoms with Crippen molar-refractivity contribution in [3.05, 3.63) is 24.3 Å². The Labute approximate surface area is 111 Å². The molecule has 2 rings (SSSR count). The van der Waals surface area contributed by atoms with Crippen LogP contribution in [-0.2, 0) is 15.0 Å². The summed E-state index contributed by atoms with van der Waals surface area (Å²) in [6.07, 6.45) is -1.22. The minimum atomic E-state index is -3.76. The van der Waals surface area contributed by atoms with Gasteiger partial charge in [-0.1, -0.05) is 12.1 Å². The summed E-state index contributed by atoms with van der Waals surface area (Å²) < 4.78 is 31.8. The van der Waals surface area contributed by atoms with Crippen LogP contribution in [0.4, 0.5) is 5.69 Å². The first-order valence-electron chi connectivity index (χ1n) is 5.52. The maximum absolute atomic E-state index is 12.2. The molecule has 1 heterocycles. The summed E-state index contributed by atoms with van der Waals surface area (Å²) in [5.41, 5.74) is 0.341. The highest BCUT2D eigenvalue weighted by atomic mass is 32.2. The monoisotopic (exact) mass is 286 g/mol. The summed E-state index contributed by atoms with van der Waals surface area (Å²) in [6.45, 7) is -0.257. The molecule has 0 saturated heterocycles. The zero-order valence-electron chi connectivity index (χ0n) is 10.5. The number of hydrogen-bond donors (Lipinski definition) is 1. The van der Waals surface area contributed by atoms with E-state index >= 15 is 0 Å². The molecule has 1 aromatic carbocycles. The molecule has 0 saturated carbocycles. The fourth-order valence-corrected chi connectivity index (χ4v) is 2.86. The van der Waals surface area contributed by atoms with Gasteiger partial charge in [-0.2, -0.15) is 12.7 Å². The van der Waals surface area contributed by atoms with Crippen molar-refractivity contribution in [2.75, 3.05) is 24.9 Å². The minimum absolute atomic E-state index is 0.242. The molecule has 0 spiro atoms. The summed E-state index contributed by atoms with van der Waals surface area (Å²) in [6, 6.07) is 6.45. The Kier molecular flexibility index (Phi) is 3.38. The minimum Gasteiger partial charge on any atom is -0.478 e. The van der Waals surface area contributed by atoms with Gasteiger partial charge in [0.15, 0.2) is 0 Å². The molecule has 0 aromatic heterocycles. The molecule has 8 heteroatoms. The third-order valence-corrected chi connectivity index (χ3v) is 4.58. The number of carboxylic acids is 1. The maximum Gasteiger partial charge on any atom is 0.346 e. The lowest BCUT2D eigenvalue weighted by Gasteiger charge is -2.34. The number of anilines is 1. The molecule has 0 fully saturated rings. The van der Waals surface area contributed by atoms with Crippen LogP contribution < -0.4 is 9.04 Å². The molecule has 0 radical (unpaired) electrons. The summed E-state index contributed by atoms with van der Waals surface area (Å²) in [4.78, 5) is 11.0. The van der Waals surface area contributed by atoms with Crippen LogP contribution in [0.1, 0.15) is 0 Å². The second-order valence-corrected chi connectivity index (χ2v) is 6.30. The van der Waals surface area contributed by atoms with E-state index < -0.39 is 22.3 Å². The summed E-state index contributed by atoms with van der Waals surface area (Å²) in [7, 11) is -0.972. The van der Waals surface area contributed by atoms with Gasteiger partial charge in [0.25, 0.3) is 0 Å². The van der Waals surface area contributed by atoms with Crippen molar-refractivity contribution in [1.29, 1.82) is 0 Å². The van der Waals surface area contributed by atoms with Gasteiger partial charge >= 0.3 is 16.2 Å². The molecule has 1 aliphatic heterocycles. The van der Waals surface area contributed by atoms with Crippen LogP contribution in [0.5, 0.6) is 5.75 Å². The van der Waals surface area contributed by atoms with E-state index in [0.29, 0.717) is 5.69 Å². The van der Waals surface area contributed by atoms with Crippen molar-refractivity contribution >= 4 is 21.9 Å². The number of fused-ring (bicyclic) bond motifs is 1. The molecular formula is C11H14N2O5S. The molecule has 0 bridgehead atoms. The Hall–Kier alpha value is -1.80. The molecular weight excluding hydrogens is 272 g/mol. The van der Waals surface area contributed by atoms with Gasteiger partial charge in [0, 0.05) is 14.1 Å². The molecule has 1 aliphatic rings. The van der Waals surface area contributed by atoms with E-state index in [2.05, 4.69) is 0 Å². The van der Waals surface area contributed by atoms with Gasteiger partial charge < -0.3 is 9.84 Å². The average Bonchev–Trinajstić information content (AvgIpc) is 2.37. The van der Waals surface area contributed by atoms with Crippen molar-refractivity contribution < 1.29 is 23.1 Å². The van der Waals surface area contributed by atoms with E-state index in [4.69, 9.17) is 9.84 Å². The maximum atomic E-state index is 12.2. The van der Waals surface area contributed by atoms with Crippen LogP contribution in [0.25, 0.3) is 0 Å². The molecule has 1 aromatic rings. The first-order chi connectivity index (χ1) is 8.84. The Balaban J connectivity index is 2.51. The molecule has 1 atom stereocenters. The number of hydrogen-bond acceptors (Lipinski definition) is 4. The van der Waals surface area contributed by atoms with Crippen molar-refractivity contribution in [3.8, 4) is 5.75 Å². The Morgan fingerprint density at radius 2 is 2.05 bits per heavy atom.